The van der Waals surface area contributed by atoms with Crippen molar-refractivity contribution in [2.24, 2.45) is 0 Å². The van der Waals surface area contributed by atoms with E-state index in [0.29, 0.717) is 26.3 Å². The van der Waals surface area contributed by atoms with Crippen molar-refractivity contribution in [3.8, 4) is 5.75 Å². The van der Waals surface area contributed by atoms with E-state index in [1.807, 2.05) is 62.4 Å². The molecule has 0 saturated heterocycles. The molecule has 0 aliphatic heterocycles. The molecule has 2 aromatic rings. The second-order valence-electron chi connectivity index (χ2n) is 5.64. The Bertz CT molecular complexity index is 667. The maximum absolute atomic E-state index is 12.1. The van der Waals surface area contributed by atoms with Crippen molar-refractivity contribution in [2.75, 3.05) is 25.5 Å². The van der Waals surface area contributed by atoms with Crippen LogP contribution in [-0.4, -0.2) is 31.1 Å². The number of nitrogens with zero attached hydrogens (tertiary/aromatic N) is 1. The van der Waals surface area contributed by atoms with Gasteiger partial charge in [-0.05, 0) is 49.2 Å². The molecule has 0 heterocycles. The van der Waals surface area contributed by atoms with Gasteiger partial charge in [-0.3, -0.25) is 0 Å². The molecule has 0 aliphatic rings. The predicted octanol–water partition coefficient (Wildman–Crippen LogP) is 4.29. The van der Waals surface area contributed by atoms with Gasteiger partial charge in [0.2, 0.25) is 0 Å². The summed E-state index contributed by atoms with van der Waals surface area (Å²) in [6.07, 6.45) is 0. The summed E-state index contributed by atoms with van der Waals surface area (Å²) in [4.78, 5) is 13.9. The van der Waals surface area contributed by atoms with Crippen LogP contribution in [-0.2, 0) is 18.0 Å². The highest BCUT2D eigenvalue weighted by molar-refractivity contribution is 5.89. The molecule has 0 radical (unpaired) electrons. The molecule has 0 unspecified atom stereocenters. The average molecular weight is 342 g/mol. The number of methoxy groups -OCH3 is 1. The van der Waals surface area contributed by atoms with Gasteiger partial charge in [-0.25, -0.2) is 4.79 Å². The average Bonchev–Trinajstić information content (AvgIpc) is 2.63. The van der Waals surface area contributed by atoms with E-state index < -0.39 is 0 Å². The zero-order chi connectivity index (χ0) is 18.1. The van der Waals surface area contributed by atoms with Crippen molar-refractivity contribution in [2.45, 2.75) is 27.1 Å². The summed E-state index contributed by atoms with van der Waals surface area (Å²) in [6.45, 7) is 6.32. The summed E-state index contributed by atoms with van der Waals surface area (Å²) in [7, 11) is 1.65. The Hall–Kier alpha value is -2.53. The highest BCUT2D eigenvalue weighted by Gasteiger charge is 2.09. The van der Waals surface area contributed by atoms with Crippen molar-refractivity contribution in [3.63, 3.8) is 0 Å². The number of carbonyl (C=O) groups is 1. The van der Waals surface area contributed by atoms with Crippen molar-refractivity contribution in [3.05, 3.63) is 59.7 Å². The van der Waals surface area contributed by atoms with E-state index in [4.69, 9.17) is 9.47 Å². The van der Waals surface area contributed by atoms with E-state index in [0.717, 1.165) is 22.6 Å². The minimum absolute atomic E-state index is 0.0821. The fraction of sp³-hybridized carbons (Fsp3) is 0.350. The monoisotopic (exact) mass is 342 g/mol. The SMILES string of the molecule is CCN(CC)C(=O)Nc1cccc(COCc2ccc(OC)cc2)c1. The van der Waals surface area contributed by atoms with Crippen molar-refractivity contribution in [1.82, 2.24) is 4.90 Å². The standard InChI is InChI=1S/C20H26N2O3/c1-4-22(5-2)20(23)21-18-8-6-7-17(13-18)15-25-14-16-9-11-19(24-3)12-10-16/h6-13H,4-5,14-15H2,1-3H3,(H,21,23). The number of rotatable bonds is 8. The summed E-state index contributed by atoms with van der Waals surface area (Å²) < 4.78 is 10.9. The summed E-state index contributed by atoms with van der Waals surface area (Å²) >= 11 is 0. The van der Waals surface area contributed by atoms with Gasteiger partial charge in [-0.1, -0.05) is 24.3 Å². The van der Waals surface area contributed by atoms with E-state index in [9.17, 15) is 4.79 Å². The Morgan fingerprint density at radius 1 is 1.00 bits per heavy atom. The topological polar surface area (TPSA) is 50.8 Å². The van der Waals surface area contributed by atoms with Crippen LogP contribution in [0.4, 0.5) is 10.5 Å². The first-order valence-electron chi connectivity index (χ1n) is 8.51. The third-order valence-corrected chi connectivity index (χ3v) is 3.93. The van der Waals surface area contributed by atoms with Gasteiger partial charge in [0, 0.05) is 18.8 Å². The molecule has 0 fully saturated rings. The molecule has 134 valence electrons. The van der Waals surface area contributed by atoms with Crippen LogP contribution in [0.3, 0.4) is 0 Å². The van der Waals surface area contributed by atoms with Gasteiger partial charge in [0.25, 0.3) is 0 Å². The van der Waals surface area contributed by atoms with Crippen LogP contribution >= 0.6 is 0 Å². The lowest BCUT2D eigenvalue weighted by Gasteiger charge is -2.19. The molecule has 5 nitrogen and oxygen atoms in total. The van der Waals surface area contributed by atoms with Crippen molar-refractivity contribution >= 4 is 11.7 Å². The van der Waals surface area contributed by atoms with Crippen LogP contribution in [0.2, 0.25) is 0 Å². The highest BCUT2D eigenvalue weighted by atomic mass is 16.5. The number of urea groups is 1. The van der Waals surface area contributed by atoms with E-state index in [1.54, 1.807) is 12.0 Å². The Kier molecular flexibility index (Phi) is 7.29. The maximum atomic E-state index is 12.1. The Balaban J connectivity index is 1.87. The second-order valence-corrected chi connectivity index (χ2v) is 5.64. The summed E-state index contributed by atoms with van der Waals surface area (Å²) in [5.41, 5.74) is 2.89. The number of amides is 2. The molecule has 0 atom stereocenters. The third kappa shape index (κ3) is 5.80. The van der Waals surface area contributed by atoms with E-state index in [1.165, 1.54) is 0 Å². The predicted molar refractivity (Wildman–Crippen MR) is 99.9 cm³/mol. The molecule has 0 spiro atoms. The van der Waals surface area contributed by atoms with E-state index in [-0.39, 0.29) is 6.03 Å². The van der Waals surface area contributed by atoms with Crippen LogP contribution < -0.4 is 10.1 Å². The van der Waals surface area contributed by atoms with Crippen LogP contribution in [0.25, 0.3) is 0 Å². The zero-order valence-electron chi connectivity index (χ0n) is 15.1. The van der Waals surface area contributed by atoms with Gasteiger partial charge < -0.3 is 19.7 Å². The van der Waals surface area contributed by atoms with Crippen LogP contribution in [0.5, 0.6) is 5.75 Å². The molecule has 2 aromatic carbocycles. The molecule has 2 amide bonds. The van der Waals surface area contributed by atoms with Gasteiger partial charge in [-0.2, -0.15) is 0 Å². The second kappa shape index (κ2) is 9.69. The number of hydrogen-bond acceptors (Lipinski definition) is 3. The van der Waals surface area contributed by atoms with Gasteiger partial charge in [-0.15, -0.1) is 0 Å². The molecule has 0 bridgehead atoms. The number of hydrogen-bond donors (Lipinski definition) is 1. The lowest BCUT2D eigenvalue weighted by molar-refractivity contribution is 0.107. The smallest absolute Gasteiger partial charge is 0.321 e. The highest BCUT2D eigenvalue weighted by Crippen LogP contribution is 2.15. The molecule has 5 heteroatoms. The molecule has 1 N–H and O–H groups in total. The van der Waals surface area contributed by atoms with E-state index >= 15 is 0 Å². The van der Waals surface area contributed by atoms with Crippen LogP contribution in [0, 0.1) is 0 Å². The lowest BCUT2D eigenvalue weighted by Crippen LogP contribution is -2.34. The number of benzene rings is 2. The largest absolute Gasteiger partial charge is 0.497 e. The quantitative estimate of drug-likeness (QED) is 0.779. The molecular weight excluding hydrogens is 316 g/mol. The molecular formula is C20H26N2O3. The van der Waals surface area contributed by atoms with Crippen molar-refractivity contribution in [1.29, 1.82) is 0 Å². The fourth-order valence-electron chi connectivity index (χ4n) is 2.46. The number of carbonyl (C=O) groups excluding carboxylic acids is 1. The number of nitrogens with one attached hydrogen (secondary N) is 1. The molecule has 25 heavy (non-hydrogen) atoms. The summed E-state index contributed by atoms with van der Waals surface area (Å²) in [6, 6.07) is 15.5. The zero-order valence-corrected chi connectivity index (χ0v) is 15.1. The normalized spacial score (nSPS) is 10.4. The maximum Gasteiger partial charge on any atom is 0.321 e. The summed E-state index contributed by atoms with van der Waals surface area (Å²) in [5.74, 6) is 0.834. The summed E-state index contributed by atoms with van der Waals surface area (Å²) in [5, 5.41) is 2.92. The molecule has 0 saturated carbocycles. The first-order chi connectivity index (χ1) is 12.2. The Morgan fingerprint density at radius 2 is 1.68 bits per heavy atom. The van der Waals surface area contributed by atoms with Crippen LogP contribution in [0.15, 0.2) is 48.5 Å². The van der Waals surface area contributed by atoms with Crippen molar-refractivity contribution < 1.29 is 14.3 Å². The number of ether oxygens (including phenoxy) is 2. The van der Waals surface area contributed by atoms with Crippen LogP contribution in [0.1, 0.15) is 25.0 Å². The Morgan fingerprint density at radius 3 is 2.32 bits per heavy atom. The van der Waals surface area contributed by atoms with Gasteiger partial charge in [0.1, 0.15) is 5.75 Å². The first-order valence-corrected chi connectivity index (χ1v) is 8.51. The van der Waals surface area contributed by atoms with Gasteiger partial charge in [0.15, 0.2) is 0 Å². The fourth-order valence-corrected chi connectivity index (χ4v) is 2.46. The minimum Gasteiger partial charge on any atom is -0.497 e. The number of anilines is 1. The van der Waals surface area contributed by atoms with Gasteiger partial charge in [0.05, 0.1) is 20.3 Å². The third-order valence-electron chi connectivity index (χ3n) is 3.93. The Labute approximate surface area is 149 Å². The molecule has 0 aromatic heterocycles. The lowest BCUT2D eigenvalue weighted by atomic mass is 10.2. The molecule has 0 aliphatic carbocycles. The van der Waals surface area contributed by atoms with Gasteiger partial charge >= 0.3 is 6.03 Å². The first kappa shape index (κ1) is 18.8. The molecule has 2 rings (SSSR count). The van der Waals surface area contributed by atoms with E-state index in [2.05, 4.69) is 5.32 Å². The minimum atomic E-state index is -0.0821.